The summed E-state index contributed by atoms with van der Waals surface area (Å²) in [5, 5.41) is 0. The smallest absolute Gasteiger partial charge is 0.0104 e. The van der Waals surface area contributed by atoms with Crippen LogP contribution in [0.4, 0.5) is 0 Å². The maximum atomic E-state index is 5.83. The highest BCUT2D eigenvalue weighted by molar-refractivity contribution is 7.99. The van der Waals surface area contributed by atoms with Gasteiger partial charge in [-0.1, -0.05) is 12.1 Å². The Bertz CT molecular complexity index is 382. The van der Waals surface area contributed by atoms with E-state index in [-0.39, 0.29) is 0 Å². The van der Waals surface area contributed by atoms with Gasteiger partial charge in [0.2, 0.25) is 0 Å². The molecule has 0 saturated heterocycles. The molecule has 2 N–H and O–H groups in total. The van der Waals surface area contributed by atoms with Gasteiger partial charge < -0.3 is 5.73 Å². The Morgan fingerprint density at radius 1 is 1.31 bits per heavy atom. The predicted octanol–water partition coefficient (Wildman–Crippen LogP) is 3.00. The molecule has 1 saturated carbocycles. The van der Waals surface area contributed by atoms with E-state index >= 15 is 0 Å². The van der Waals surface area contributed by atoms with Gasteiger partial charge in [0, 0.05) is 10.9 Å². The van der Waals surface area contributed by atoms with Crippen LogP contribution in [0.2, 0.25) is 0 Å². The number of rotatable bonds is 2. The molecular weight excluding hydrogens is 214 g/mol. The van der Waals surface area contributed by atoms with Crippen LogP contribution >= 0.6 is 11.8 Å². The second kappa shape index (κ2) is 4.42. The molecular formula is C14H19NS. The van der Waals surface area contributed by atoms with Gasteiger partial charge in [-0.25, -0.2) is 0 Å². The van der Waals surface area contributed by atoms with E-state index < -0.39 is 0 Å². The Morgan fingerprint density at radius 3 is 3.00 bits per heavy atom. The van der Waals surface area contributed by atoms with Crippen LogP contribution in [-0.4, -0.2) is 11.8 Å². The number of fused-ring (bicyclic) bond motifs is 1. The van der Waals surface area contributed by atoms with Crippen molar-refractivity contribution in [2.45, 2.75) is 43.0 Å². The fourth-order valence-electron chi connectivity index (χ4n) is 2.83. The quantitative estimate of drug-likeness (QED) is 0.850. The number of hydrogen-bond donors (Lipinski definition) is 1. The van der Waals surface area contributed by atoms with Crippen molar-refractivity contribution < 1.29 is 0 Å². The minimum Gasteiger partial charge on any atom is -0.328 e. The molecule has 16 heavy (non-hydrogen) atoms. The average molecular weight is 233 g/mol. The zero-order valence-corrected chi connectivity index (χ0v) is 10.4. The minimum atomic E-state index is 0.484. The van der Waals surface area contributed by atoms with E-state index in [9.17, 15) is 0 Å². The lowest BCUT2D eigenvalue weighted by molar-refractivity contribution is 0.264. The van der Waals surface area contributed by atoms with Gasteiger partial charge in [0.05, 0.1) is 0 Å². The molecule has 1 aromatic rings. The van der Waals surface area contributed by atoms with Crippen molar-refractivity contribution in [1.29, 1.82) is 0 Å². The van der Waals surface area contributed by atoms with Crippen LogP contribution in [0, 0.1) is 5.92 Å². The normalized spacial score (nSPS) is 28.3. The standard InChI is InChI=1S/C14H19NS/c15-13-8-11(9-13)6-10-3-4-14-12(7-10)2-1-5-16-14/h3-4,7,11,13H,1-2,5-6,8-9,15H2. The van der Waals surface area contributed by atoms with E-state index in [1.165, 1.54) is 48.3 Å². The molecule has 0 radical (unpaired) electrons. The van der Waals surface area contributed by atoms with Gasteiger partial charge >= 0.3 is 0 Å². The molecule has 86 valence electrons. The van der Waals surface area contributed by atoms with Gasteiger partial charge in [-0.05, 0) is 61.0 Å². The highest BCUT2D eigenvalue weighted by Gasteiger charge is 2.25. The van der Waals surface area contributed by atoms with Crippen molar-refractivity contribution in [3.05, 3.63) is 29.3 Å². The summed E-state index contributed by atoms with van der Waals surface area (Å²) in [6.45, 7) is 0. The molecule has 0 aromatic heterocycles. The largest absolute Gasteiger partial charge is 0.328 e. The molecule has 1 fully saturated rings. The number of aryl methyl sites for hydroxylation is 1. The number of hydrogen-bond acceptors (Lipinski definition) is 2. The summed E-state index contributed by atoms with van der Waals surface area (Å²) in [5.74, 6) is 2.15. The third-order valence-electron chi connectivity index (χ3n) is 3.77. The Morgan fingerprint density at radius 2 is 2.19 bits per heavy atom. The zero-order valence-electron chi connectivity index (χ0n) is 9.61. The average Bonchev–Trinajstić information content (AvgIpc) is 2.27. The van der Waals surface area contributed by atoms with E-state index in [2.05, 4.69) is 18.2 Å². The van der Waals surface area contributed by atoms with Gasteiger partial charge in [0.25, 0.3) is 0 Å². The summed E-state index contributed by atoms with van der Waals surface area (Å²) < 4.78 is 0. The second-order valence-electron chi connectivity index (χ2n) is 5.20. The Labute approximate surface area is 102 Å². The van der Waals surface area contributed by atoms with Crippen LogP contribution in [0.5, 0.6) is 0 Å². The van der Waals surface area contributed by atoms with Crippen molar-refractivity contribution in [3.63, 3.8) is 0 Å². The van der Waals surface area contributed by atoms with Crippen molar-refractivity contribution in [3.8, 4) is 0 Å². The molecule has 0 spiro atoms. The minimum absolute atomic E-state index is 0.484. The summed E-state index contributed by atoms with van der Waals surface area (Å²) >= 11 is 2.02. The lowest BCUT2D eigenvalue weighted by Gasteiger charge is -2.32. The summed E-state index contributed by atoms with van der Waals surface area (Å²) in [7, 11) is 0. The van der Waals surface area contributed by atoms with E-state index in [0.29, 0.717) is 6.04 Å². The first-order valence-electron chi connectivity index (χ1n) is 6.31. The second-order valence-corrected chi connectivity index (χ2v) is 6.33. The van der Waals surface area contributed by atoms with Crippen molar-refractivity contribution in [2.75, 3.05) is 5.75 Å². The van der Waals surface area contributed by atoms with Crippen LogP contribution < -0.4 is 5.73 Å². The summed E-state index contributed by atoms with van der Waals surface area (Å²) in [5.41, 5.74) is 8.94. The SMILES string of the molecule is NC1CC(Cc2ccc3c(c2)CCCS3)C1. The number of thioether (sulfide) groups is 1. The molecule has 0 bridgehead atoms. The highest BCUT2D eigenvalue weighted by atomic mass is 32.2. The van der Waals surface area contributed by atoms with Crippen LogP contribution in [-0.2, 0) is 12.8 Å². The maximum Gasteiger partial charge on any atom is 0.0104 e. The molecule has 1 aliphatic heterocycles. The van der Waals surface area contributed by atoms with Gasteiger partial charge in [0.1, 0.15) is 0 Å². The fourth-order valence-corrected chi connectivity index (χ4v) is 3.85. The van der Waals surface area contributed by atoms with Crippen LogP contribution in [0.15, 0.2) is 23.1 Å². The van der Waals surface area contributed by atoms with Crippen molar-refractivity contribution in [2.24, 2.45) is 11.7 Å². The summed E-state index contributed by atoms with van der Waals surface area (Å²) in [6.07, 6.45) is 6.32. The number of nitrogens with two attached hydrogens (primary N) is 1. The van der Waals surface area contributed by atoms with Crippen LogP contribution in [0.1, 0.15) is 30.4 Å². The molecule has 0 atom stereocenters. The Hall–Kier alpha value is -0.470. The molecule has 1 aliphatic carbocycles. The maximum absolute atomic E-state index is 5.83. The van der Waals surface area contributed by atoms with E-state index in [4.69, 9.17) is 5.73 Å². The lowest BCUT2D eigenvalue weighted by Crippen LogP contribution is -2.37. The molecule has 3 rings (SSSR count). The van der Waals surface area contributed by atoms with Gasteiger partial charge in [-0.2, -0.15) is 0 Å². The van der Waals surface area contributed by atoms with Gasteiger partial charge in [-0.15, -0.1) is 11.8 Å². The van der Waals surface area contributed by atoms with E-state index in [1.54, 1.807) is 5.56 Å². The predicted molar refractivity (Wildman–Crippen MR) is 69.9 cm³/mol. The molecule has 2 aliphatic rings. The summed E-state index contributed by atoms with van der Waals surface area (Å²) in [6, 6.07) is 7.57. The molecule has 1 aromatic carbocycles. The monoisotopic (exact) mass is 233 g/mol. The van der Waals surface area contributed by atoms with Gasteiger partial charge in [-0.3, -0.25) is 0 Å². The Balaban J connectivity index is 1.71. The molecule has 0 amide bonds. The first kappa shape index (κ1) is 10.7. The topological polar surface area (TPSA) is 26.0 Å². The van der Waals surface area contributed by atoms with Crippen LogP contribution in [0.3, 0.4) is 0 Å². The van der Waals surface area contributed by atoms with Crippen molar-refractivity contribution >= 4 is 11.8 Å². The van der Waals surface area contributed by atoms with E-state index in [1.807, 2.05) is 11.8 Å². The third-order valence-corrected chi connectivity index (χ3v) is 4.97. The number of benzene rings is 1. The molecule has 1 nitrogen and oxygen atoms in total. The highest BCUT2D eigenvalue weighted by Crippen LogP contribution is 2.33. The molecule has 0 unspecified atom stereocenters. The molecule has 1 heterocycles. The third kappa shape index (κ3) is 2.14. The lowest BCUT2D eigenvalue weighted by atomic mass is 9.77. The summed E-state index contributed by atoms with van der Waals surface area (Å²) in [4.78, 5) is 1.51. The first-order chi connectivity index (χ1) is 7.81. The van der Waals surface area contributed by atoms with Gasteiger partial charge in [0.15, 0.2) is 0 Å². The molecule has 2 heteroatoms. The fraction of sp³-hybridized carbons (Fsp3) is 0.571. The first-order valence-corrected chi connectivity index (χ1v) is 7.30. The van der Waals surface area contributed by atoms with Crippen molar-refractivity contribution in [1.82, 2.24) is 0 Å². The van der Waals surface area contributed by atoms with Crippen LogP contribution in [0.25, 0.3) is 0 Å². The zero-order chi connectivity index (χ0) is 11.0. The Kier molecular flexibility index (Phi) is 2.95. The van der Waals surface area contributed by atoms with E-state index in [0.717, 1.165) is 5.92 Å².